The van der Waals surface area contributed by atoms with Gasteiger partial charge in [0.25, 0.3) is 0 Å². The number of aromatic nitrogens is 6. The molecule has 6 heteroatoms. The molecule has 0 aliphatic rings. The second-order valence-electron chi connectivity index (χ2n) is 11.4. The van der Waals surface area contributed by atoms with Crippen LogP contribution >= 0.6 is 0 Å². The summed E-state index contributed by atoms with van der Waals surface area (Å²) in [6.45, 7) is 18.0. The van der Waals surface area contributed by atoms with E-state index < -0.39 is 0 Å². The highest BCUT2D eigenvalue weighted by Gasteiger charge is 2.18. The van der Waals surface area contributed by atoms with Crippen molar-refractivity contribution < 1.29 is 0 Å². The van der Waals surface area contributed by atoms with Gasteiger partial charge >= 0.3 is 0 Å². The van der Waals surface area contributed by atoms with Crippen LogP contribution in [0.1, 0.15) is 96.1 Å². The van der Waals surface area contributed by atoms with Crippen LogP contribution in [0, 0.1) is 17.8 Å². The van der Waals surface area contributed by atoms with Crippen LogP contribution in [0.4, 0.5) is 0 Å². The monoisotopic (exact) mass is 480 g/mol. The summed E-state index contributed by atoms with van der Waals surface area (Å²) in [6, 6.07) is 0. The molecule has 0 aliphatic heterocycles. The number of rotatable bonds is 14. The third-order valence-corrected chi connectivity index (χ3v) is 7.08. The lowest BCUT2D eigenvalue weighted by Crippen LogP contribution is -2.14. The van der Waals surface area contributed by atoms with Crippen molar-refractivity contribution >= 4 is 0 Å². The van der Waals surface area contributed by atoms with Crippen molar-refractivity contribution in [3.63, 3.8) is 0 Å². The molecule has 194 valence electrons. The molecule has 3 aromatic heterocycles. The molecule has 0 fully saturated rings. The maximum atomic E-state index is 4.82. The van der Waals surface area contributed by atoms with E-state index in [-0.39, 0.29) is 0 Å². The summed E-state index contributed by atoms with van der Waals surface area (Å²) in [6.07, 6.45) is 14.7. The predicted molar refractivity (Wildman–Crippen MR) is 145 cm³/mol. The minimum absolute atomic E-state index is 0.364. The van der Waals surface area contributed by atoms with Crippen molar-refractivity contribution in [2.75, 3.05) is 0 Å². The first-order valence-electron chi connectivity index (χ1n) is 13.7. The van der Waals surface area contributed by atoms with E-state index in [2.05, 4.69) is 87.8 Å². The minimum atomic E-state index is 0.364. The van der Waals surface area contributed by atoms with Gasteiger partial charge in [-0.3, -0.25) is 0 Å². The Hall–Kier alpha value is -2.37. The van der Waals surface area contributed by atoms with E-state index in [1.54, 1.807) is 0 Å². The maximum Gasteiger partial charge on any atom is 0.111 e. The lowest BCUT2D eigenvalue weighted by atomic mass is 10.0. The molecule has 3 heterocycles. The van der Waals surface area contributed by atoms with E-state index in [4.69, 9.17) is 15.0 Å². The minimum Gasteiger partial charge on any atom is -0.335 e. The van der Waals surface area contributed by atoms with Crippen molar-refractivity contribution in [3.8, 4) is 0 Å². The Morgan fingerprint density at radius 2 is 1.51 bits per heavy atom. The fourth-order valence-corrected chi connectivity index (χ4v) is 5.15. The van der Waals surface area contributed by atoms with E-state index in [0.717, 1.165) is 44.7 Å². The third kappa shape index (κ3) is 7.31. The SMILES string of the molecule is CCn1c(CC(C)Cc2ncc(CC(C)c3nccn3CCCC(C)C)n2C)cnc1CC(C)C. The average molecular weight is 481 g/mol. The summed E-state index contributed by atoms with van der Waals surface area (Å²) in [4.78, 5) is 14.3. The maximum absolute atomic E-state index is 4.82. The van der Waals surface area contributed by atoms with Crippen LogP contribution in [-0.2, 0) is 45.8 Å². The number of hydrogen-bond acceptors (Lipinski definition) is 3. The highest BCUT2D eigenvalue weighted by Crippen LogP contribution is 2.22. The van der Waals surface area contributed by atoms with Gasteiger partial charge in [-0.15, -0.1) is 0 Å². The second kappa shape index (κ2) is 12.5. The van der Waals surface area contributed by atoms with Crippen LogP contribution in [0.15, 0.2) is 24.8 Å². The molecular weight excluding hydrogens is 432 g/mol. The fourth-order valence-electron chi connectivity index (χ4n) is 5.15. The first kappa shape index (κ1) is 27.2. The number of aryl methyl sites for hydroxylation is 1. The average Bonchev–Trinajstić information content (AvgIpc) is 3.49. The summed E-state index contributed by atoms with van der Waals surface area (Å²) in [5.41, 5.74) is 2.64. The lowest BCUT2D eigenvalue weighted by molar-refractivity contribution is 0.492. The van der Waals surface area contributed by atoms with Gasteiger partial charge in [0.1, 0.15) is 17.5 Å². The Morgan fingerprint density at radius 1 is 0.800 bits per heavy atom. The van der Waals surface area contributed by atoms with Crippen LogP contribution in [0.3, 0.4) is 0 Å². The summed E-state index contributed by atoms with van der Waals surface area (Å²) in [5, 5.41) is 0. The van der Waals surface area contributed by atoms with Crippen molar-refractivity contribution in [1.29, 1.82) is 0 Å². The Morgan fingerprint density at radius 3 is 2.20 bits per heavy atom. The van der Waals surface area contributed by atoms with Crippen molar-refractivity contribution in [1.82, 2.24) is 28.7 Å². The topological polar surface area (TPSA) is 53.5 Å². The zero-order chi connectivity index (χ0) is 25.5. The van der Waals surface area contributed by atoms with Gasteiger partial charge in [0.15, 0.2) is 0 Å². The number of imidazole rings is 3. The first-order chi connectivity index (χ1) is 16.7. The summed E-state index contributed by atoms with van der Waals surface area (Å²) < 4.78 is 7.06. The highest BCUT2D eigenvalue weighted by atomic mass is 15.1. The van der Waals surface area contributed by atoms with Crippen molar-refractivity contribution in [3.05, 3.63) is 53.6 Å². The fraction of sp³-hybridized carbons (Fsp3) is 0.690. The van der Waals surface area contributed by atoms with Crippen LogP contribution in [0.2, 0.25) is 0 Å². The van der Waals surface area contributed by atoms with Gasteiger partial charge < -0.3 is 13.7 Å². The molecule has 2 atom stereocenters. The predicted octanol–water partition coefficient (Wildman–Crippen LogP) is 6.24. The quantitative estimate of drug-likeness (QED) is 0.275. The Kier molecular flexibility index (Phi) is 9.76. The number of hydrogen-bond donors (Lipinski definition) is 0. The van der Waals surface area contributed by atoms with E-state index >= 15 is 0 Å². The lowest BCUT2D eigenvalue weighted by Gasteiger charge is -2.16. The van der Waals surface area contributed by atoms with Crippen LogP contribution in [-0.4, -0.2) is 28.7 Å². The van der Waals surface area contributed by atoms with Gasteiger partial charge in [-0.05, 0) is 50.4 Å². The molecule has 0 N–H and O–H groups in total. The van der Waals surface area contributed by atoms with E-state index in [1.165, 1.54) is 41.7 Å². The summed E-state index contributed by atoms with van der Waals surface area (Å²) in [7, 11) is 2.17. The molecule has 3 aromatic rings. The van der Waals surface area contributed by atoms with Gasteiger partial charge in [0.2, 0.25) is 0 Å². The number of nitrogens with zero attached hydrogens (tertiary/aromatic N) is 6. The van der Waals surface area contributed by atoms with Gasteiger partial charge in [-0.2, -0.15) is 0 Å². The molecule has 0 aromatic carbocycles. The Balaban J connectivity index is 1.61. The van der Waals surface area contributed by atoms with Crippen molar-refractivity contribution in [2.45, 2.75) is 106 Å². The molecule has 0 spiro atoms. The molecule has 0 saturated heterocycles. The van der Waals surface area contributed by atoms with Gasteiger partial charge in [-0.25, -0.2) is 15.0 Å². The van der Waals surface area contributed by atoms with Gasteiger partial charge in [0.05, 0.1) is 0 Å². The molecule has 6 nitrogen and oxygen atoms in total. The molecule has 0 amide bonds. The second-order valence-corrected chi connectivity index (χ2v) is 11.4. The van der Waals surface area contributed by atoms with Crippen LogP contribution < -0.4 is 0 Å². The summed E-state index contributed by atoms with van der Waals surface area (Å²) in [5.74, 6) is 5.83. The van der Waals surface area contributed by atoms with Crippen molar-refractivity contribution in [2.24, 2.45) is 24.8 Å². The van der Waals surface area contributed by atoms with Crippen LogP contribution in [0.5, 0.6) is 0 Å². The Bertz CT molecular complexity index is 1040. The van der Waals surface area contributed by atoms with E-state index in [0.29, 0.717) is 17.8 Å². The van der Waals surface area contributed by atoms with E-state index in [9.17, 15) is 0 Å². The molecule has 0 aliphatic carbocycles. The highest BCUT2D eigenvalue weighted by molar-refractivity contribution is 5.12. The molecule has 0 radical (unpaired) electrons. The molecular formula is C29H48N6. The molecule has 0 saturated carbocycles. The smallest absolute Gasteiger partial charge is 0.111 e. The van der Waals surface area contributed by atoms with Gasteiger partial charge in [0, 0.05) is 75.1 Å². The largest absolute Gasteiger partial charge is 0.335 e. The summed E-state index contributed by atoms with van der Waals surface area (Å²) >= 11 is 0. The van der Waals surface area contributed by atoms with Crippen LogP contribution in [0.25, 0.3) is 0 Å². The zero-order valence-corrected chi connectivity index (χ0v) is 23.5. The van der Waals surface area contributed by atoms with Gasteiger partial charge in [-0.1, -0.05) is 41.5 Å². The molecule has 3 rings (SSSR count). The first-order valence-corrected chi connectivity index (χ1v) is 13.7. The zero-order valence-electron chi connectivity index (χ0n) is 23.5. The molecule has 2 unspecified atom stereocenters. The molecule has 35 heavy (non-hydrogen) atoms. The third-order valence-electron chi connectivity index (χ3n) is 7.08. The standard InChI is InChI=1S/C29H48N6/c1-9-35-26(20-32-28(35)15-22(4)5)16-23(6)17-27-31-19-25(33(27)8)18-24(7)29-30-12-14-34(29)13-10-11-21(2)3/h12,14,19-24H,9-11,13,15-18H2,1-8H3. The Labute approximate surface area is 213 Å². The normalized spacial score (nSPS) is 13.8. The van der Waals surface area contributed by atoms with E-state index in [1.807, 2.05) is 6.20 Å². The molecule has 0 bridgehead atoms.